The van der Waals surface area contributed by atoms with Crippen LogP contribution in [-0.4, -0.2) is 40.1 Å². The first-order valence-electron chi connectivity index (χ1n) is 9.00. The van der Waals surface area contributed by atoms with E-state index in [1.54, 1.807) is 25.4 Å². The summed E-state index contributed by atoms with van der Waals surface area (Å²) in [5, 5.41) is 14.2. The van der Waals surface area contributed by atoms with Crippen LogP contribution in [0.5, 0.6) is 5.75 Å². The fourth-order valence-electron chi connectivity index (χ4n) is 2.44. The monoisotopic (exact) mass is 398 g/mol. The molecule has 0 aliphatic carbocycles. The van der Waals surface area contributed by atoms with Crippen LogP contribution >= 0.6 is 0 Å². The number of aromatic nitrogens is 3. The van der Waals surface area contributed by atoms with Crippen molar-refractivity contribution in [3.63, 3.8) is 0 Å². The number of hydrogen-bond acceptors (Lipinski definition) is 4. The van der Waals surface area contributed by atoms with Crippen LogP contribution in [0.15, 0.2) is 29.5 Å². The molecule has 1 heterocycles. The molecule has 1 aromatic carbocycles. The van der Waals surface area contributed by atoms with Gasteiger partial charge in [0.25, 0.3) is 0 Å². The lowest BCUT2D eigenvalue weighted by atomic mass is 10.1. The number of benzene rings is 1. The standard InChI is InChI=1S/C18H25F3N6O/c1-4-22-17(24-10-16-26-25-12-27(16)5-2)23-9-14-7-6-13(3)8-15(14)28-11-18(19,20)21/h6-8,12H,4-5,9-11H2,1-3H3,(H2,22,23,24). The summed E-state index contributed by atoms with van der Waals surface area (Å²) < 4.78 is 44.4. The highest BCUT2D eigenvalue weighted by atomic mass is 19.4. The molecule has 10 heteroatoms. The number of guanidine groups is 1. The van der Waals surface area contributed by atoms with Crippen molar-refractivity contribution in [2.45, 2.75) is 46.6 Å². The van der Waals surface area contributed by atoms with Crippen molar-refractivity contribution >= 4 is 5.96 Å². The van der Waals surface area contributed by atoms with Crippen LogP contribution in [-0.2, 0) is 19.6 Å². The van der Waals surface area contributed by atoms with Crippen LogP contribution < -0.4 is 15.4 Å². The van der Waals surface area contributed by atoms with Gasteiger partial charge in [-0.2, -0.15) is 13.2 Å². The Balaban J connectivity index is 2.09. The van der Waals surface area contributed by atoms with Gasteiger partial charge in [0, 0.05) is 18.7 Å². The Labute approximate surface area is 162 Å². The maximum absolute atomic E-state index is 12.5. The number of aryl methyl sites for hydroxylation is 2. The molecule has 0 fully saturated rings. The second-order valence-electron chi connectivity index (χ2n) is 6.10. The van der Waals surface area contributed by atoms with Gasteiger partial charge in [-0.05, 0) is 32.4 Å². The van der Waals surface area contributed by atoms with Crippen molar-refractivity contribution in [1.82, 2.24) is 25.4 Å². The van der Waals surface area contributed by atoms with E-state index in [1.807, 2.05) is 24.5 Å². The molecule has 0 aliphatic rings. The summed E-state index contributed by atoms with van der Waals surface area (Å²) in [7, 11) is 0. The Bertz CT molecular complexity index is 788. The molecule has 154 valence electrons. The summed E-state index contributed by atoms with van der Waals surface area (Å²) >= 11 is 0. The van der Waals surface area contributed by atoms with E-state index in [-0.39, 0.29) is 12.3 Å². The van der Waals surface area contributed by atoms with Crippen molar-refractivity contribution < 1.29 is 17.9 Å². The highest BCUT2D eigenvalue weighted by molar-refractivity contribution is 5.79. The first kappa shape index (κ1) is 21.5. The number of halogens is 3. The Kier molecular flexibility index (Phi) is 7.65. The topological polar surface area (TPSA) is 76.4 Å². The molecule has 28 heavy (non-hydrogen) atoms. The summed E-state index contributed by atoms with van der Waals surface area (Å²) in [4.78, 5) is 4.45. The van der Waals surface area contributed by atoms with E-state index in [2.05, 4.69) is 25.8 Å². The van der Waals surface area contributed by atoms with Crippen LogP contribution in [0.4, 0.5) is 13.2 Å². The molecule has 2 N–H and O–H groups in total. The number of nitrogens with zero attached hydrogens (tertiary/aromatic N) is 4. The molecule has 0 unspecified atom stereocenters. The summed E-state index contributed by atoms with van der Waals surface area (Å²) in [6, 6.07) is 5.12. The van der Waals surface area contributed by atoms with E-state index >= 15 is 0 Å². The molecule has 0 amide bonds. The minimum absolute atomic E-state index is 0.170. The van der Waals surface area contributed by atoms with E-state index in [1.165, 1.54) is 0 Å². The molecule has 7 nitrogen and oxygen atoms in total. The Morgan fingerprint density at radius 2 is 2.04 bits per heavy atom. The van der Waals surface area contributed by atoms with Crippen LogP contribution in [0.3, 0.4) is 0 Å². The van der Waals surface area contributed by atoms with Gasteiger partial charge in [-0.15, -0.1) is 10.2 Å². The third-order valence-electron chi connectivity index (χ3n) is 3.82. The fourth-order valence-corrected chi connectivity index (χ4v) is 2.44. The van der Waals surface area contributed by atoms with Crippen LogP contribution in [0.1, 0.15) is 30.8 Å². The number of rotatable bonds is 8. The van der Waals surface area contributed by atoms with Gasteiger partial charge in [-0.1, -0.05) is 12.1 Å². The lowest BCUT2D eigenvalue weighted by molar-refractivity contribution is -0.153. The van der Waals surface area contributed by atoms with Gasteiger partial charge in [-0.25, -0.2) is 4.99 Å². The summed E-state index contributed by atoms with van der Waals surface area (Å²) in [5.41, 5.74) is 1.39. The largest absolute Gasteiger partial charge is 0.484 e. The molecule has 1 aromatic heterocycles. The minimum atomic E-state index is -4.39. The first-order valence-corrected chi connectivity index (χ1v) is 9.00. The predicted molar refractivity (Wildman–Crippen MR) is 100 cm³/mol. The van der Waals surface area contributed by atoms with E-state index in [4.69, 9.17) is 4.74 Å². The molecule has 0 saturated heterocycles. The molecule has 2 rings (SSSR count). The highest BCUT2D eigenvalue weighted by Crippen LogP contribution is 2.24. The molecule has 0 spiro atoms. The quantitative estimate of drug-likeness (QED) is 0.528. The van der Waals surface area contributed by atoms with Gasteiger partial charge in [-0.3, -0.25) is 0 Å². The zero-order valence-electron chi connectivity index (χ0n) is 16.2. The van der Waals surface area contributed by atoms with Crippen molar-refractivity contribution in [2.24, 2.45) is 4.99 Å². The van der Waals surface area contributed by atoms with Gasteiger partial charge < -0.3 is 19.9 Å². The number of hydrogen-bond donors (Lipinski definition) is 2. The summed E-state index contributed by atoms with van der Waals surface area (Å²) in [6.07, 6.45) is -2.74. The maximum Gasteiger partial charge on any atom is 0.422 e. The van der Waals surface area contributed by atoms with E-state index in [0.29, 0.717) is 24.6 Å². The van der Waals surface area contributed by atoms with Gasteiger partial charge >= 0.3 is 6.18 Å². The van der Waals surface area contributed by atoms with Gasteiger partial charge in [0.1, 0.15) is 12.1 Å². The molecule has 0 bridgehead atoms. The average Bonchev–Trinajstić information content (AvgIpc) is 3.10. The smallest absolute Gasteiger partial charge is 0.422 e. The Morgan fingerprint density at radius 3 is 2.71 bits per heavy atom. The molecule has 0 aliphatic heterocycles. The third kappa shape index (κ3) is 6.75. The summed E-state index contributed by atoms with van der Waals surface area (Å²) in [5.74, 6) is 1.47. The Morgan fingerprint density at radius 1 is 1.25 bits per heavy atom. The number of nitrogens with one attached hydrogen (secondary N) is 2. The molecular weight excluding hydrogens is 373 g/mol. The third-order valence-corrected chi connectivity index (χ3v) is 3.82. The van der Waals surface area contributed by atoms with Crippen molar-refractivity contribution in [2.75, 3.05) is 13.2 Å². The highest BCUT2D eigenvalue weighted by Gasteiger charge is 2.28. The van der Waals surface area contributed by atoms with E-state index in [0.717, 1.165) is 17.9 Å². The SMILES string of the molecule is CCNC(=NCc1ccc(C)cc1OCC(F)(F)F)NCc1nncn1CC. The first-order chi connectivity index (χ1) is 13.3. The second kappa shape index (κ2) is 9.95. The molecule has 0 atom stereocenters. The lowest BCUT2D eigenvalue weighted by Gasteiger charge is -2.14. The van der Waals surface area contributed by atoms with E-state index < -0.39 is 12.8 Å². The van der Waals surface area contributed by atoms with Crippen LogP contribution in [0.2, 0.25) is 0 Å². The van der Waals surface area contributed by atoms with Crippen LogP contribution in [0, 0.1) is 6.92 Å². The molecule has 2 aromatic rings. The van der Waals surface area contributed by atoms with Crippen molar-refractivity contribution in [3.8, 4) is 5.75 Å². The molecule has 0 saturated carbocycles. The van der Waals surface area contributed by atoms with Crippen LogP contribution in [0.25, 0.3) is 0 Å². The summed E-state index contributed by atoms with van der Waals surface area (Å²) in [6.45, 7) is 6.36. The lowest BCUT2D eigenvalue weighted by Crippen LogP contribution is -2.37. The zero-order valence-corrected chi connectivity index (χ0v) is 16.2. The van der Waals surface area contributed by atoms with Crippen molar-refractivity contribution in [3.05, 3.63) is 41.5 Å². The molecular formula is C18H25F3N6O. The second-order valence-corrected chi connectivity index (χ2v) is 6.10. The molecule has 0 radical (unpaired) electrons. The fraction of sp³-hybridized carbons (Fsp3) is 0.500. The number of aliphatic imine (C=N–C) groups is 1. The predicted octanol–water partition coefficient (Wildman–Crippen LogP) is 2.80. The van der Waals surface area contributed by atoms with Crippen molar-refractivity contribution in [1.29, 1.82) is 0 Å². The van der Waals surface area contributed by atoms with E-state index in [9.17, 15) is 13.2 Å². The number of ether oxygens (including phenoxy) is 1. The maximum atomic E-state index is 12.5. The van der Waals surface area contributed by atoms with Gasteiger partial charge in [0.15, 0.2) is 18.4 Å². The average molecular weight is 398 g/mol. The zero-order chi connectivity index (χ0) is 20.6. The van der Waals surface area contributed by atoms with Gasteiger partial charge in [0.2, 0.25) is 0 Å². The Hall–Kier alpha value is -2.78. The normalized spacial score (nSPS) is 12.1. The minimum Gasteiger partial charge on any atom is -0.484 e. The number of alkyl halides is 3. The van der Waals surface area contributed by atoms with Gasteiger partial charge in [0.05, 0.1) is 13.1 Å².